The van der Waals surface area contributed by atoms with Crippen LogP contribution in [0, 0.1) is 0 Å². The minimum Gasteiger partial charge on any atom is -0.392 e. The van der Waals surface area contributed by atoms with Crippen molar-refractivity contribution in [3.63, 3.8) is 0 Å². The molecular weight excluding hydrogens is 274 g/mol. The van der Waals surface area contributed by atoms with Crippen LogP contribution in [0.5, 0.6) is 0 Å². The lowest BCUT2D eigenvalue weighted by Gasteiger charge is -2.36. The number of benzene rings is 1. The topological polar surface area (TPSA) is 57.6 Å². The third-order valence-corrected chi connectivity index (χ3v) is 5.38. The largest absolute Gasteiger partial charge is 0.392 e. The van der Waals surface area contributed by atoms with E-state index in [4.69, 9.17) is 11.6 Å². The number of halogens is 1. The Morgan fingerprint density at radius 3 is 2.83 bits per heavy atom. The summed E-state index contributed by atoms with van der Waals surface area (Å²) in [6, 6.07) is 5.30. The fourth-order valence-corrected chi connectivity index (χ4v) is 4.12. The summed E-state index contributed by atoms with van der Waals surface area (Å²) in [6.45, 7) is 2.17. The first-order valence-corrected chi connectivity index (χ1v) is 8.00. The van der Waals surface area contributed by atoms with E-state index < -0.39 is 9.84 Å². The zero-order chi connectivity index (χ0) is 13.3. The number of aliphatic hydroxyl groups is 1. The molecule has 1 aromatic carbocycles. The fourth-order valence-electron chi connectivity index (χ4n) is 2.33. The molecule has 1 aliphatic rings. The number of hydrogen-bond donors (Lipinski definition) is 1. The van der Waals surface area contributed by atoms with Crippen LogP contribution in [0.4, 0.5) is 5.69 Å². The normalized spacial score (nSPS) is 23.1. The summed E-state index contributed by atoms with van der Waals surface area (Å²) >= 11 is 6.05. The Morgan fingerprint density at radius 2 is 2.22 bits per heavy atom. The van der Waals surface area contributed by atoms with Gasteiger partial charge in [-0.25, -0.2) is 8.42 Å². The first-order valence-electron chi connectivity index (χ1n) is 5.80. The SMILES string of the molecule is CC1CS(=O)(=O)CCN1c1cccc(Cl)c1CO. The van der Waals surface area contributed by atoms with Crippen molar-refractivity contribution in [3.8, 4) is 0 Å². The maximum Gasteiger partial charge on any atom is 0.154 e. The Labute approximate surface area is 112 Å². The van der Waals surface area contributed by atoms with Gasteiger partial charge in [-0.05, 0) is 19.1 Å². The molecule has 1 N–H and O–H groups in total. The zero-order valence-electron chi connectivity index (χ0n) is 10.1. The van der Waals surface area contributed by atoms with Crippen molar-refractivity contribution in [2.45, 2.75) is 19.6 Å². The molecular formula is C12H16ClNO3S. The van der Waals surface area contributed by atoms with Gasteiger partial charge in [0.15, 0.2) is 9.84 Å². The summed E-state index contributed by atoms with van der Waals surface area (Å²) in [6.07, 6.45) is 0. The molecule has 0 spiro atoms. The quantitative estimate of drug-likeness (QED) is 0.895. The lowest BCUT2D eigenvalue weighted by molar-refractivity contribution is 0.282. The molecule has 18 heavy (non-hydrogen) atoms. The van der Waals surface area contributed by atoms with Crippen LogP contribution in [-0.2, 0) is 16.4 Å². The van der Waals surface area contributed by atoms with Crippen LogP contribution >= 0.6 is 11.6 Å². The number of rotatable bonds is 2. The standard InChI is InChI=1S/C12H16ClNO3S/c1-9-8-18(16,17)6-5-14(9)12-4-2-3-11(13)10(12)7-15/h2-4,9,15H,5-8H2,1H3. The molecule has 1 saturated heterocycles. The average molecular weight is 290 g/mol. The summed E-state index contributed by atoms with van der Waals surface area (Å²) in [5.41, 5.74) is 1.48. The molecule has 4 nitrogen and oxygen atoms in total. The van der Waals surface area contributed by atoms with Crippen LogP contribution in [0.15, 0.2) is 18.2 Å². The van der Waals surface area contributed by atoms with Crippen LogP contribution in [0.3, 0.4) is 0 Å². The molecule has 0 radical (unpaired) electrons. The monoisotopic (exact) mass is 289 g/mol. The van der Waals surface area contributed by atoms with Gasteiger partial charge in [0, 0.05) is 28.9 Å². The average Bonchev–Trinajstić information content (AvgIpc) is 2.27. The molecule has 0 bridgehead atoms. The van der Waals surface area contributed by atoms with Gasteiger partial charge in [-0.15, -0.1) is 0 Å². The maximum absolute atomic E-state index is 11.6. The number of nitrogens with zero attached hydrogens (tertiary/aromatic N) is 1. The van der Waals surface area contributed by atoms with Crippen molar-refractivity contribution >= 4 is 27.1 Å². The van der Waals surface area contributed by atoms with Gasteiger partial charge in [-0.1, -0.05) is 17.7 Å². The van der Waals surface area contributed by atoms with Crippen LogP contribution in [0.25, 0.3) is 0 Å². The van der Waals surface area contributed by atoms with Gasteiger partial charge in [-0.2, -0.15) is 0 Å². The van der Waals surface area contributed by atoms with E-state index in [0.717, 1.165) is 5.69 Å². The second-order valence-electron chi connectivity index (χ2n) is 4.55. The molecule has 1 fully saturated rings. The van der Waals surface area contributed by atoms with Gasteiger partial charge in [0.25, 0.3) is 0 Å². The van der Waals surface area contributed by atoms with Gasteiger partial charge in [0.2, 0.25) is 0 Å². The van der Waals surface area contributed by atoms with Crippen molar-refractivity contribution in [1.82, 2.24) is 0 Å². The number of anilines is 1. The maximum atomic E-state index is 11.6. The van der Waals surface area contributed by atoms with Crippen molar-refractivity contribution in [1.29, 1.82) is 0 Å². The number of aliphatic hydroxyl groups excluding tert-OH is 1. The molecule has 0 amide bonds. The highest BCUT2D eigenvalue weighted by molar-refractivity contribution is 7.91. The molecule has 2 rings (SSSR count). The van der Waals surface area contributed by atoms with E-state index in [9.17, 15) is 13.5 Å². The first kappa shape index (κ1) is 13.6. The second-order valence-corrected chi connectivity index (χ2v) is 7.19. The van der Waals surface area contributed by atoms with E-state index >= 15 is 0 Å². The minimum absolute atomic E-state index is 0.104. The Kier molecular flexibility index (Phi) is 3.84. The summed E-state index contributed by atoms with van der Waals surface area (Å²) in [4.78, 5) is 2.00. The number of sulfone groups is 1. The van der Waals surface area contributed by atoms with Gasteiger partial charge < -0.3 is 10.0 Å². The molecule has 1 aliphatic heterocycles. The van der Waals surface area contributed by atoms with Crippen LogP contribution < -0.4 is 4.90 Å². The lowest BCUT2D eigenvalue weighted by atomic mass is 10.1. The molecule has 0 saturated carbocycles. The van der Waals surface area contributed by atoms with E-state index in [1.165, 1.54) is 0 Å². The van der Waals surface area contributed by atoms with Gasteiger partial charge in [0.05, 0.1) is 18.1 Å². The minimum atomic E-state index is -2.94. The third kappa shape index (κ3) is 2.63. The molecule has 1 atom stereocenters. The highest BCUT2D eigenvalue weighted by atomic mass is 35.5. The third-order valence-electron chi connectivity index (χ3n) is 3.23. The van der Waals surface area contributed by atoms with Crippen molar-refractivity contribution in [2.75, 3.05) is 23.0 Å². The van der Waals surface area contributed by atoms with Crippen LogP contribution in [0.1, 0.15) is 12.5 Å². The van der Waals surface area contributed by atoms with E-state index in [1.54, 1.807) is 6.07 Å². The van der Waals surface area contributed by atoms with Gasteiger partial charge in [-0.3, -0.25) is 0 Å². The Bertz CT molecular complexity index is 544. The molecule has 6 heteroatoms. The molecule has 0 aliphatic carbocycles. The molecule has 1 aromatic rings. The van der Waals surface area contributed by atoms with Crippen molar-refractivity contribution < 1.29 is 13.5 Å². The summed E-state index contributed by atoms with van der Waals surface area (Å²) in [7, 11) is -2.94. The van der Waals surface area contributed by atoms with E-state index in [0.29, 0.717) is 17.1 Å². The highest BCUT2D eigenvalue weighted by Gasteiger charge is 2.29. The summed E-state index contributed by atoms with van der Waals surface area (Å²) in [5, 5.41) is 9.90. The van der Waals surface area contributed by atoms with Gasteiger partial charge in [0.1, 0.15) is 0 Å². The van der Waals surface area contributed by atoms with E-state index in [-0.39, 0.29) is 24.2 Å². The lowest BCUT2D eigenvalue weighted by Crippen LogP contribution is -2.47. The molecule has 100 valence electrons. The van der Waals surface area contributed by atoms with Crippen molar-refractivity contribution in [2.24, 2.45) is 0 Å². The molecule has 1 unspecified atom stereocenters. The van der Waals surface area contributed by atoms with E-state index in [2.05, 4.69) is 0 Å². The number of hydrogen-bond acceptors (Lipinski definition) is 4. The van der Waals surface area contributed by atoms with Crippen LogP contribution in [0.2, 0.25) is 5.02 Å². The Morgan fingerprint density at radius 1 is 1.50 bits per heavy atom. The highest BCUT2D eigenvalue weighted by Crippen LogP contribution is 2.30. The Balaban J connectivity index is 2.36. The Hall–Kier alpha value is -0.780. The zero-order valence-corrected chi connectivity index (χ0v) is 11.7. The predicted molar refractivity (Wildman–Crippen MR) is 72.8 cm³/mol. The van der Waals surface area contributed by atoms with Gasteiger partial charge >= 0.3 is 0 Å². The van der Waals surface area contributed by atoms with Crippen molar-refractivity contribution in [3.05, 3.63) is 28.8 Å². The smallest absolute Gasteiger partial charge is 0.154 e. The first-order chi connectivity index (χ1) is 8.44. The van der Waals surface area contributed by atoms with Crippen LogP contribution in [-0.4, -0.2) is 37.6 Å². The molecule has 0 aromatic heterocycles. The fraction of sp³-hybridized carbons (Fsp3) is 0.500. The second kappa shape index (κ2) is 5.07. The molecule has 1 heterocycles. The predicted octanol–water partition coefficient (Wildman–Crippen LogP) is 1.46. The summed E-state index contributed by atoms with van der Waals surface area (Å²) < 4.78 is 23.1. The van der Waals surface area contributed by atoms with E-state index in [1.807, 2.05) is 24.0 Å². The summed E-state index contributed by atoms with van der Waals surface area (Å²) in [5.74, 6) is 0.291.